The summed E-state index contributed by atoms with van der Waals surface area (Å²) in [4.78, 5) is 41.3. The number of carbonyl (C=O) groups excluding carboxylic acids is 3. The number of carbonyl (C=O) groups is 3. The summed E-state index contributed by atoms with van der Waals surface area (Å²) in [5.41, 5.74) is 0.365. The zero-order chi connectivity index (χ0) is 23.6. The van der Waals surface area contributed by atoms with Crippen molar-refractivity contribution in [3.05, 3.63) is 71.9 Å². The van der Waals surface area contributed by atoms with Crippen molar-refractivity contribution in [3.8, 4) is 5.82 Å². The van der Waals surface area contributed by atoms with Crippen LogP contribution >= 0.6 is 66.7 Å². The Bertz CT molecular complexity index is 1250. The molecule has 1 aromatic carbocycles. The number of nitrogens with one attached hydrogen (secondary N) is 2. The van der Waals surface area contributed by atoms with Crippen LogP contribution in [0.5, 0.6) is 0 Å². The van der Waals surface area contributed by atoms with E-state index in [4.69, 9.17) is 34.8 Å². The molecule has 7 nitrogen and oxygen atoms in total. The second-order valence-electron chi connectivity index (χ2n) is 6.46. The van der Waals surface area contributed by atoms with E-state index in [1.165, 1.54) is 29.8 Å². The molecule has 0 aliphatic rings. The number of hydrogen-bond acceptors (Lipinski definition) is 4. The Morgan fingerprint density at radius 3 is 2.44 bits per heavy atom. The molecule has 3 rings (SSSR count). The molecule has 3 aromatic rings. The Kier molecular flexibility index (Phi) is 8.00. The van der Waals surface area contributed by atoms with Crippen LogP contribution in [-0.4, -0.2) is 33.7 Å². The van der Waals surface area contributed by atoms with Crippen LogP contribution in [0.15, 0.2) is 45.5 Å². The molecular weight excluding hydrogens is 610 g/mol. The summed E-state index contributed by atoms with van der Waals surface area (Å²) in [5, 5.41) is 5.63. The highest BCUT2D eigenvalue weighted by Crippen LogP contribution is 2.34. The molecule has 0 spiro atoms. The first kappa shape index (κ1) is 24.7. The minimum absolute atomic E-state index is 0.0468. The van der Waals surface area contributed by atoms with Crippen molar-refractivity contribution >= 4 is 89.9 Å². The summed E-state index contributed by atoms with van der Waals surface area (Å²) in [7, 11) is 0. The average molecular weight is 624 g/mol. The van der Waals surface area contributed by atoms with Gasteiger partial charge < -0.3 is 10.6 Å². The molecule has 0 unspecified atom stereocenters. The predicted molar refractivity (Wildman–Crippen MR) is 131 cm³/mol. The van der Waals surface area contributed by atoms with Crippen LogP contribution in [0.3, 0.4) is 0 Å². The van der Waals surface area contributed by atoms with Crippen LogP contribution in [-0.2, 0) is 4.79 Å². The van der Waals surface area contributed by atoms with Crippen molar-refractivity contribution in [2.45, 2.75) is 6.92 Å². The third-order valence-corrected chi connectivity index (χ3v) is 6.25. The Balaban J connectivity index is 2.04. The standard InChI is InChI=1S/C20H13Br2Cl3N4O3/c1-9(30)8-27-19(31)11-5-10(21)6-12(22)16(11)28-20(32)15-7-14(24)17(25)29(15)18-13(23)3-2-4-26-18/h2-7H,8H2,1H3,(H,27,31)(H,28,32). The average Bonchev–Trinajstić information content (AvgIpc) is 3.03. The smallest absolute Gasteiger partial charge is 0.272 e. The lowest BCUT2D eigenvalue weighted by molar-refractivity contribution is -0.116. The van der Waals surface area contributed by atoms with Gasteiger partial charge >= 0.3 is 0 Å². The van der Waals surface area contributed by atoms with Gasteiger partial charge in [0.2, 0.25) is 0 Å². The van der Waals surface area contributed by atoms with E-state index in [1.807, 2.05) is 0 Å². The Morgan fingerprint density at radius 2 is 1.78 bits per heavy atom. The summed E-state index contributed by atoms with van der Waals surface area (Å²) >= 11 is 25.4. The molecule has 0 saturated heterocycles. The molecule has 0 radical (unpaired) electrons. The van der Waals surface area contributed by atoms with Gasteiger partial charge in [-0.1, -0.05) is 50.7 Å². The van der Waals surface area contributed by atoms with Crippen molar-refractivity contribution in [1.82, 2.24) is 14.9 Å². The summed E-state index contributed by atoms with van der Waals surface area (Å²) in [6.45, 7) is 1.20. The maximum atomic E-state index is 13.2. The molecule has 2 N–H and O–H groups in total. The number of rotatable bonds is 6. The molecule has 0 atom stereocenters. The lowest BCUT2D eigenvalue weighted by Gasteiger charge is -2.15. The molecule has 0 fully saturated rings. The highest BCUT2D eigenvalue weighted by molar-refractivity contribution is 9.11. The molecule has 2 amide bonds. The number of aromatic nitrogens is 2. The van der Waals surface area contributed by atoms with Crippen LogP contribution in [0.2, 0.25) is 15.2 Å². The highest BCUT2D eigenvalue weighted by Gasteiger charge is 2.24. The largest absolute Gasteiger partial charge is 0.345 e. The summed E-state index contributed by atoms with van der Waals surface area (Å²) in [5.74, 6) is -1.17. The third-order valence-electron chi connectivity index (χ3n) is 4.12. The molecule has 0 saturated carbocycles. The fourth-order valence-corrected chi connectivity index (χ4v) is 4.67. The van der Waals surface area contributed by atoms with Gasteiger partial charge in [-0.15, -0.1) is 0 Å². The zero-order valence-corrected chi connectivity index (χ0v) is 21.6. The first-order valence-corrected chi connectivity index (χ1v) is 11.6. The van der Waals surface area contributed by atoms with E-state index in [2.05, 4.69) is 47.5 Å². The van der Waals surface area contributed by atoms with Gasteiger partial charge in [-0.25, -0.2) is 4.98 Å². The normalized spacial score (nSPS) is 10.7. The summed E-state index contributed by atoms with van der Waals surface area (Å²) in [6, 6.07) is 7.77. The van der Waals surface area contributed by atoms with Gasteiger partial charge in [-0.3, -0.25) is 19.0 Å². The van der Waals surface area contributed by atoms with Crippen molar-refractivity contribution in [1.29, 1.82) is 0 Å². The molecule has 166 valence electrons. The van der Waals surface area contributed by atoms with Crippen molar-refractivity contribution in [2.24, 2.45) is 0 Å². The third kappa shape index (κ3) is 5.35. The second kappa shape index (κ2) is 10.4. The van der Waals surface area contributed by atoms with Gasteiger partial charge in [-0.05, 0) is 53.2 Å². The quantitative estimate of drug-likeness (QED) is 0.356. The van der Waals surface area contributed by atoms with E-state index in [-0.39, 0.29) is 50.3 Å². The van der Waals surface area contributed by atoms with Crippen LogP contribution in [0, 0.1) is 0 Å². The first-order chi connectivity index (χ1) is 15.1. The lowest BCUT2D eigenvalue weighted by atomic mass is 10.1. The number of anilines is 1. The molecule has 32 heavy (non-hydrogen) atoms. The number of benzene rings is 1. The van der Waals surface area contributed by atoms with Crippen LogP contribution in [0.4, 0.5) is 5.69 Å². The van der Waals surface area contributed by atoms with E-state index in [9.17, 15) is 14.4 Å². The van der Waals surface area contributed by atoms with Gasteiger partial charge in [-0.2, -0.15) is 0 Å². The molecule has 0 aliphatic carbocycles. The van der Waals surface area contributed by atoms with Gasteiger partial charge in [0.15, 0.2) is 5.82 Å². The fourth-order valence-electron chi connectivity index (χ4n) is 2.73. The van der Waals surface area contributed by atoms with Crippen LogP contribution in [0.1, 0.15) is 27.8 Å². The molecule has 12 heteroatoms. The molecule has 2 heterocycles. The number of amides is 2. The maximum Gasteiger partial charge on any atom is 0.272 e. The van der Waals surface area contributed by atoms with Crippen LogP contribution in [0.25, 0.3) is 5.82 Å². The van der Waals surface area contributed by atoms with Gasteiger partial charge in [0.05, 0.1) is 27.8 Å². The summed E-state index contributed by atoms with van der Waals surface area (Å²) in [6.07, 6.45) is 1.50. The number of nitrogens with zero attached hydrogens (tertiary/aromatic N) is 2. The van der Waals surface area contributed by atoms with E-state index in [1.54, 1.807) is 18.2 Å². The number of pyridine rings is 1. The van der Waals surface area contributed by atoms with E-state index >= 15 is 0 Å². The van der Waals surface area contributed by atoms with Gasteiger partial charge in [0.1, 0.15) is 16.6 Å². The lowest BCUT2D eigenvalue weighted by Crippen LogP contribution is -2.29. The molecule has 2 aromatic heterocycles. The number of Topliss-reactive ketones (excluding diaryl/α,β-unsaturated/α-hetero) is 1. The first-order valence-electron chi connectivity index (χ1n) is 8.85. The highest BCUT2D eigenvalue weighted by atomic mass is 79.9. The Morgan fingerprint density at radius 1 is 1.06 bits per heavy atom. The molecule has 0 bridgehead atoms. The van der Waals surface area contributed by atoms with Gasteiger partial charge in [0, 0.05) is 15.1 Å². The Labute approximate surface area is 214 Å². The van der Waals surface area contributed by atoms with Crippen molar-refractivity contribution in [3.63, 3.8) is 0 Å². The van der Waals surface area contributed by atoms with Gasteiger partial charge in [0.25, 0.3) is 11.8 Å². The van der Waals surface area contributed by atoms with Crippen LogP contribution < -0.4 is 10.6 Å². The fraction of sp³-hybridized carbons (Fsp3) is 0.100. The molecular formula is C20H13Br2Cl3N4O3. The zero-order valence-electron chi connectivity index (χ0n) is 16.2. The van der Waals surface area contributed by atoms with E-state index in [0.717, 1.165) is 0 Å². The SMILES string of the molecule is CC(=O)CNC(=O)c1cc(Br)cc(Br)c1NC(=O)c1cc(Cl)c(Cl)n1-c1ncccc1Cl. The topological polar surface area (TPSA) is 93.1 Å². The monoisotopic (exact) mass is 620 g/mol. The predicted octanol–water partition coefficient (Wildman–Crippen LogP) is 5.93. The number of halogens is 5. The minimum Gasteiger partial charge on any atom is -0.345 e. The second-order valence-corrected chi connectivity index (χ2v) is 9.40. The van der Waals surface area contributed by atoms with Crippen molar-refractivity contribution < 1.29 is 14.4 Å². The summed E-state index contributed by atoms with van der Waals surface area (Å²) < 4.78 is 2.33. The van der Waals surface area contributed by atoms with Crippen molar-refractivity contribution in [2.75, 3.05) is 11.9 Å². The minimum atomic E-state index is -0.621. The van der Waals surface area contributed by atoms with E-state index in [0.29, 0.717) is 8.95 Å². The Hall–Kier alpha value is -1.91. The maximum absolute atomic E-state index is 13.2. The van der Waals surface area contributed by atoms with E-state index < -0.39 is 11.8 Å². The number of ketones is 1. The number of hydrogen-bond donors (Lipinski definition) is 2. The molecule has 0 aliphatic heterocycles.